The van der Waals surface area contributed by atoms with E-state index in [9.17, 15) is 13.2 Å². The molecule has 2 unspecified atom stereocenters. The molecule has 0 bridgehead atoms. The number of hydrogen-bond acceptors (Lipinski definition) is 4. The van der Waals surface area contributed by atoms with E-state index in [4.69, 9.17) is 0 Å². The molecule has 0 saturated carbocycles. The molecule has 1 fully saturated rings. The zero-order valence-corrected chi connectivity index (χ0v) is 11.4. The molecule has 1 aliphatic heterocycles. The SMILES string of the molecule is Cc1ccc(S(=O)(=O)C2CC3=CC(=O)CC3N2)cc1. The summed E-state index contributed by atoms with van der Waals surface area (Å²) < 4.78 is 25.0. The molecule has 100 valence electrons. The second-order valence-corrected chi connectivity index (χ2v) is 7.29. The number of carbonyl (C=O) groups is 1. The number of benzene rings is 1. The lowest BCUT2D eigenvalue weighted by atomic mass is 10.2. The summed E-state index contributed by atoms with van der Waals surface area (Å²) in [7, 11) is -3.38. The molecule has 1 heterocycles. The van der Waals surface area contributed by atoms with Gasteiger partial charge in [-0.25, -0.2) is 8.42 Å². The molecule has 1 aliphatic carbocycles. The third-order valence-corrected chi connectivity index (χ3v) is 5.71. The third-order valence-electron chi connectivity index (χ3n) is 3.73. The molecule has 0 spiro atoms. The maximum absolute atomic E-state index is 12.5. The summed E-state index contributed by atoms with van der Waals surface area (Å²) >= 11 is 0. The predicted molar refractivity (Wildman–Crippen MR) is 71.4 cm³/mol. The molecule has 0 amide bonds. The van der Waals surface area contributed by atoms with E-state index in [1.807, 2.05) is 6.92 Å². The van der Waals surface area contributed by atoms with Gasteiger partial charge in [-0.3, -0.25) is 10.1 Å². The van der Waals surface area contributed by atoms with E-state index in [2.05, 4.69) is 5.32 Å². The smallest absolute Gasteiger partial charge is 0.194 e. The number of nitrogens with one attached hydrogen (secondary N) is 1. The first-order valence-corrected chi connectivity index (χ1v) is 7.81. The lowest BCUT2D eigenvalue weighted by Gasteiger charge is -2.13. The van der Waals surface area contributed by atoms with Crippen molar-refractivity contribution in [2.45, 2.75) is 36.1 Å². The van der Waals surface area contributed by atoms with Crippen molar-refractivity contribution in [2.75, 3.05) is 0 Å². The van der Waals surface area contributed by atoms with Gasteiger partial charge in [0.1, 0.15) is 5.37 Å². The highest BCUT2D eigenvalue weighted by atomic mass is 32.2. The van der Waals surface area contributed by atoms with Crippen LogP contribution in [0, 0.1) is 6.92 Å². The fourth-order valence-corrected chi connectivity index (χ4v) is 4.25. The molecule has 1 aromatic rings. The molecule has 2 atom stereocenters. The first-order chi connectivity index (χ1) is 8.96. The first-order valence-electron chi connectivity index (χ1n) is 6.27. The van der Waals surface area contributed by atoms with Gasteiger partial charge in [0.2, 0.25) is 0 Å². The van der Waals surface area contributed by atoms with Crippen LogP contribution in [0.25, 0.3) is 0 Å². The molecule has 2 aliphatic rings. The van der Waals surface area contributed by atoms with Crippen molar-refractivity contribution in [1.82, 2.24) is 5.32 Å². The molecule has 1 N–H and O–H groups in total. The number of ketones is 1. The van der Waals surface area contributed by atoms with Crippen molar-refractivity contribution >= 4 is 15.6 Å². The Kier molecular flexibility index (Phi) is 2.83. The topological polar surface area (TPSA) is 63.2 Å². The molecule has 5 heteroatoms. The number of aryl methyl sites for hydroxylation is 1. The summed E-state index contributed by atoms with van der Waals surface area (Å²) in [6, 6.07) is 6.79. The van der Waals surface area contributed by atoms with Gasteiger partial charge in [-0.2, -0.15) is 0 Å². The summed E-state index contributed by atoms with van der Waals surface area (Å²) in [5, 5.41) is 2.45. The average Bonchev–Trinajstić information content (AvgIpc) is 2.87. The second kappa shape index (κ2) is 4.28. The average molecular weight is 277 g/mol. The van der Waals surface area contributed by atoms with E-state index in [-0.39, 0.29) is 11.8 Å². The number of allylic oxidation sites excluding steroid dienone is 1. The van der Waals surface area contributed by atoms with Gasteiger partial charge in [-0.05, 0) is 30.7 Å². The standard InChI is InChI=1S/C14H15NO3S/c1-9-2-4-12(5-3-9)19(17,18)14-7-10-6-11(16)8-13(10)15-14/h2-6,13-15H,7-8H2,1H3. The van der Waals surface area contributed by atoms with E-state index >= 15 is 0 Å². The quantitative estimate of drug-likeness (QED) is 0.886. The second-order valence-electron chi connectivity index (χ2n) is 5.16. The summed E-state index contributed by atoms with van der Waals surface area (Å²) in [6.07, 6.45) is 2.38. The van der Waals surface area contributed by atoms with Gasteiger partial charge < -0.3 is 0 Å². The Bertz CT molecular complexity index is 658. The Morgan fingerprint density at radius 2 is 1.84 bits per heavy atom. The molecule has 0 radical (unpaired) electrons. The monoisotopic (exact) mass is 277 g/mol. The van der Waals surface area contributed by atoms with Gasteiger partial charge in [0.05, 0.1) is 4.90 Å². The summed E-state index contributed by atoms with van der Waals surface area (Å²) in [5.74, 6) is 0.0821. The third kappa shape index (κ3) is 2.13. The Morgan fingerprint density at radius 3 is 2.47 bits per heavy atom. The van der Waals surface area contributed by atoms with Crippen LogP contribution in [0.5, 0.6) is 0 Å². The normalized spacial score (nSPS) is 26.4. The summed E-state index contributed by atoms with van der Waals surface area (Å²) in [6.45, 7) is 1.92. The van der Waals surface area contributed by atoms with Crippen molar-refractivity contribution in [3.05, 3.63) is 41.5 Å². The highest BCUT2D eigenvalue weighted by Crippen LogP contribution is 2.32. The first kappa shape index (κ1) is 12.6. The van der Waals surface area contributed by atoms with Crippen molar-refractivity contribution in [1.29, 1.82) is 0 Å². The maximum atomic E-state index is 12.5. The Labute approximate surface area is 112 Å². The van der Waals surface area contributed by atoms with Crippen LogP contribution in [0.1, 0.15) is 18.4 Å². The van der Waals surface area contributed by atoms with Gasteiger partial charge in [0, 0.05) is 18.9 Å². The van der Waals surface area contributed by atoms with Crippen molar-refractivity contribution in [3.8, 4) is 0 Å². The van der Waals surface area contributed by atoms with Gasteiger partial charge in [0.15, 0.2) is 15.6 Å². The van der Waals surface area contributed by atoms with Crippen LogP contribution in [-0.4, -0.2) is 25.6 Å². The minimum absolute atomic E-state index is 0.0821. The Morgan fingerprint density at radius 1 is 1.16 bits per heavy atom. The molecular weight excluding hydrogens is 262 g/mol. The minimum Gasteiger partial charge on any atom is -0.295 e. The zero-order chi connectivity index (χ0) is 13.6. The van der Waals surface area contributed by atoms with Crippen LogP contribution in [0.3, 0.4) is 0 Å². The number of carbonyl (C=O) groups excluding carboxylic acids is 1. The molecule has 4 nitrogen and oxygen atoms in total. The fourth-order valence-electron chi connectivity index (χ4n) is 2.65. The van der Waals surface area contributed by atoms with E-state index < -0.39 is 15.2 Å². The van der Waals surface area contributed by atoms with Crippen LogP contribution in [0.15, 0.2) is 40.8 Å². The van der Waals surface area contributed by atoms with Crippen molar-refractivity contribution in [2.24, 2.45) is 0 Å². The molecule has 19 heavy (non-hydrogen) atoms. The lowest BCUT2D eigenvalue weighted by Crippen LogP contribution is -2.35. The Balaban J connectivity index is 1.89. The van der Waals surface area contributed by atoms with Gasteiger partial charge >= 0.3 is 0 Å². The largest absolute Gasteiger partial charge is 0.295 e. The lowest BCUT2D eigenvalue weighted by molar-refractivity contribution is -0.114. The van der Waals surface area contributed by atoms with Crippen LogP contribution in [-0.2, 0) is 14.6 Å². The van der Waals surface area contributed by atoms with Gasteiger partial charge in [0.25, 0.3) is 0 Å². The van der Waals surface area contributed by atoms with E-state index in [0.717, 1.165) is 11.1 Å². The van der Waals surface area contributed by atoms with Crippen LogP contribution < -0.4 is 5.32 Å². The van der Waals surface area contributed by atoms with Crippen LogP contribution in [0.2, 0.25) is 0 Å². The van der Waals surface area contributed by atoms with E-state index in [1.165, 1.54) is 0 Å². The summed E-state index contributed by atoms with van der Waals surface area (Å²) in [4.78, 5) is 11.6. The zero-order valence-electron chi connectivity index (χ0n) is 10.6. The molecule has 1 aromatic carbocycles. The van der Waals surface area contributed by atoms with Crippen LogP contribution >= 0.6 is 0 Å². The number of hydrogen-bond donors (Lipinski definition) is 1. The Hall–Kier alpha value is -1.46. The highest BCUT2D eigenvalue weighted by molar-refractivity contribution is 7.92. The minimum atomic E-state index is -3.38. The van der Waals surface area contributed by atoms with E-state index in [1.54, 1.807) is 30.3 Å². The van der Waals surface area contributed by atoms with Crippen molar-refractivity contribution in [3.63, 3.8) is 0 Å². The molecular formula is C14H15NO3S. The fraction of sp³-hybridized carbons (Fsp3) is 0.357. The van der Waals surface area contributed by atoms with Crippen molar-refractivity contribution < 1.29 is 13.2 Å². The number of fused-ring (bicyclic) bond motifs is 1. The highest BCUT2D eigenvalue weighted by Gasteiger charge is 2.40. The van der Waals surface area contributed by atoms with E-state index in [0.29, 0.717) is 17.7 Å². The molecule has 1 saturated heterocycles. The summed E-state index contributed by atoms with van der Waals surface area (Å²) in [5.41, 5.74) is 1.95. The van der Waals surface area contributed by atoms with Crippen LogP contribution in [0.4, 0.5) is 0 Å². The molecule has 3 rings (SSSR count). The molecule has 0 aromatic heterocycles. The number of sulfone groups is 1. The maximum Gasteiger partial charge on any atom is 0.194 e. The predicted octanol–water partition coefficient (Wildman–Crippen LogP) is 1.36. The van der Waals surface area contributed by atoms with Gasteiger partial charge in [-0.1, -0.05) is 17.7 Å². The van der Waals surface area contributed by atoms with Gasteiger partial charge in [-0.15, -0.1) is 0 Å². The number of rotatable bonds is 2.